The molecule has 0 fully saturated rings. The van der Waals surface area contributed by atoms with Crippen LogP contribution < -0.4 is 20.5 Å². The van der Waals surface area contributed by atoms with Crippen LogP contribution in [0.25, 0.3) is 0 Å². The molecule has 0 heterocycles. The van der Waals surface area contributed by atoms with Crippen molar-refractivity contribution in [3.8, 4) is 11.5 Å². The summed E-state index contributed by atoms with van der Waals surface area (Å²) in [7, 11) is 1.80. The Labute approximate surface area is 219 Å². The van der Waals surface area contributed by atoms with Gasteiger partial charge in [-0.3, -0.25) is 4.76 Å². The molecule has 2 aromatic carbocycles. The quantitative estimate of drug-likeness (QED) is 0.126. The average Bonchev–Trinajstić information content (AvgIpc) is 2.77. The maximum atomic E-state index is 6.43. The maximum absolute atomic E-state index is 6.43. The van der Waals surface area contributed by atoms with E-state index in [1.54, 1.807) is 13.3 Å². The van der Waals surface area contributed by atoms with Crippen LogP contribution >= 0.6 is 63.2 Å². The number of nitrogens with zero attached hydrogens (tertiary/aromatic N) is 1. The summed E-state index contributed by atoms with van der Waals surface area (Å²) < 4.78 is 15.6. The van der Waals surface area contributed by atoms with Gasteiger partial charge in [0.2, 0.25) is 0 Å². The Hall–Kier alpha value is -0.920. The van der Waals surface area contributed by atoms with Crippen LogP contribution in [0.2, 0.25) is 10.0 Å². The van der Waals surface area contributed by atoms with Gasteiger partial charge in [0.25, 0.3) is 0 Å². The summed E-state index contributed by atoms with van der Waals surface area (Å²) in [5, 5.41) is 3.95. The number of allylic oxidation sites excluding steroid dienone is 1. The predicted octanol–water partition coefficient (Wildman–Crippen LogP) is 6.72. The molecule has 0 spiro atoms. The van der Waals surface area contributed by atoms with Crippen molar-refractivity contribution in [2.45, 2.75) is 19.3 Å². The van der Waals surface area contributed by atoms with Crippen molar-refractivity contribution in [3.63, 3.8) is 0 Å². The van der Waals surface area contributed by atoms with Crippen LogP contribution in [0.3, 0.4) is 0 Å². The first kappa shape index (κ1) is 27.3. The highest BCUT2D eigenvalue weighted by atomic mass is 127. The molecule has 0 amide bonds. The van der Waals surface area contributed by atoms with Gasteiger partial charge in [-0.1, -0.05) is 49.2 Å². The van der Waals surface area contributed by atoms with E-state index in [2.05, 4.69) is 46.0 Å². The number of benzene rings is 2. The summed E-state index contributed by atoms with van der Waals surface area (Å²) in [5.41, 5.74) is 9.17. The number of nitrogens with one attached hydrogen (secondary N) is 1. The van der Waals surface area contributed by atoms with Crippen LogP contribution in [0, 0.1) is 0 Å². The Morgan fingerprint density at radius 1 is 1.16 bits per heavy atom. The number of nitrogens with two attached hydrogens (primary N) is 1. The lowest BCUT2D eigenvalue weighted by molar-refractivity contribution is 0.343. The van der Waals surface area contributed by atoms with E-state index in [1.165, 1.54) is 0 Å². The third-order valence-electron chi connectivity index (χ3n) is 4.87. The highest BCUT2D eigenvalue weighted by Crippen LogP contribution is 2.40. The summed E-state index contributed by atoms with van der Waals surface area (Å²) in [6.45, 7) is 4.81. The maximum Gasteiger partial charge on any atom is 0.156 e. The molecule has 0 bridgehead atoms. The van der Waals surface area contributed by atoms with Gasteiger partial charge in [0, 0.05) is 12.5 Å². The summed E-state index contributed by atoms with van der Waals surface area (Å²) in [6, 6.07) is 11.6. The monoisotopic (exact) mass is 627 g/mol. The Balaban J connectivity index is 2.18. The highest BCUT2D eigenvalue weighted by Gasteiger charge is 2.25. The second-order valence-electron chi connectivity index (χ2n) is 7.28. The molecule has 0 aliphatic carbocycles. The topological polar surface area (TPSA) is 68.9 Å². The van der Waals surface area contributed by atoms with Gasteiger partial charge in [0.05, 0.1) is 39.9 Å². The third-order valence-corrected chi connectivity index (χ3v) is 6.65. The number of ether oxygens (including phenoxy) is 2. The Morgan fingerprint density at radius 2 is 1.78 bits per heavy atom. The number of hydrogen-bond donors (Lipinski definition) is 2. The molecule has 0 saturated heterocycles. The summed E-state index contributed by atoms with van der Waals surface area (Å²) >= 11 is 20.7. The molecule has 2 rings (SSSR count). The van der Waals surface area contributed by atoms with Crippen LogP contribution in [-0.4, -0.2) is 32.4 Å². The van der Waals surface area contributed by atoms with E-state index >= 15 is 0 Å². The van der Waals surface area contributed by atoms with Gasteiger partial charge in [-0.15, -0.1) is 11.6 Å². The smallest absolute Gasteiger partial charge is 0.156 e. The van der Waals surface area contributed by atoms with Crippen LogP contribution in [0.5, 0.6) is 11.5 Å². The highest BCUT2D eigenvalue weighted by molar-refractivity contribution is 14.2. The van der Waals surface area contributed by atoms with Crippen LogP contribution in [0.4, 0.5) is 0 Å². The Morgan fingerprint density at radius 3 is 2.31 bits per heavy atom. The first-order valence-electron chi connectivity index (χ1n) is 9.71. The fourth-order valence-corrected chi connectivity index (χ4v) is 4.24. The van der Waals surface area contributed by atoms with E-state index < -0.39 is 0 Å². The first-order chi connectivity index (χ1) is 15.2. The fourth-order valence-electron chi connectivity index (χ4n) is 2.97. The molecule has 0 aromatic heterocycles. The van der Waals surface area contributed by atoms with Crippen molar-refractivity contribution >= 4 is 69.4 Å². The molecule has 10 heteroatoms. The predicted molar refractivity (Wildman–Crippen MR) is 148 cm³/mol. The molecule has 2 aromatic rings. The molecule has 1 atom stereocenters. The van der Waals surface area contributed by atoms with Crippen molar-refractivity contribution in [3.05, 3.63) is 69.0 Å². The Kier molecular flexibility index (Phi) is 11.2. The molecule has 3 N–H and O–H groups in total. The molecule has 0 aliphatic heterocycles. The fraction of sp³-hybridized carbons (Fsp3) is 0.318. The van der Waals surface area contributed by atoms with E-state index in [0.29, 0.717) is 40.4 Å². The van der Waals surface area contributed by atoms with Gasteiger partial charge in [0.15, 0.2) is 5.75 Å². The number of halogens is 4. The molecule has 32 heavy (non-hydrogen) atoms. The van der Waals surface area contributed by atoms with Gasteiger partial charge in [0.1, 0.15) is 19.0 Å². The normalized spacial score (nSPS) is 13.0. The number of rotatable bonds is 11. The summed E-state index contributed by atoms with van der Waals surface area (Å²) in [5.74, 6) is 1.53. The van der Waals surface area contributed by atoms with E-state index in [0.717, 1.165) is 22.6 Å². The zero-order valence-corrected chi connectivity index (χ0v) is 23.4. The van der Waals surface area contributed by atoms with E-state index in [4.69, 9.17) is 50.0 Å². The molecule has 0 saturated carbocycles. The lowest BCUT2D eigenvalue weighted by Gasteiger charge is -2.27. The van der Waals surface area contributed by atoms with Crippen molar-refractivity contribution in [2.75, 3.05) is 26.1 Å². The van der Waals surface area contributed by atoms with E-state index in [1.807, 2.05) is 36.4 Å². The van der Waals surface area contributed by atoms with Gasteiger partial charge in [-0.2, -0.15) is 0 Å². The minimum absolute atomic E-state index is 0.254. The number of hydrogen-bond acceptors (Lipinski definition) is 5. The zero-order chi connectivity index (χ0) is 23.7. The van der Waals surface area contributed by atoms with Crippen molar-refractivity contribution in [1.29, 1.82) is 0 Å². The third kappa shape index (κ3) is 7.29. The summed E-state index contributed by atoms with van der Waals surface area (Å²) in [6.07, 6.45) is 2.16. The molecule has 0 radical (unpaired) electrons. The van der Waals surface area contributed by atoms with Gasteiger partial charge in [-0.05, 0) is 57.4 Å². The SMILES string of the molecule is CNC(/C=N/PI)=C(/N)COc1ccc(C(C)(C)c2cc(Cl)c(OCCCl)c(Cl)c2)cc1. The van der Waals surface area contributed by atoms with Crippen molar-refractivity contribution in [2.24, 2.45) is 10.5 Å². The lowest BCUT2D eigenvalue weighted by atomic mass is 9.78. The van der Waals surface area contributed by atoms with Crippen molar-refractivity contribution < 1.29 is 9.47 Å². The van der Waals surface area contributed by atoms with Crippen molar-refractivity contribution in [1.82, 2.24) is 5.32 Å². The minimum atomic E-state index is -0.342. The van der Waals surface area contributed by atoms with E-state index in [9.17, 15) is 0 Å². The van der Waals surface area contributed by atoms with E-state index in [-0.39, 0.29) is 12.0 Å². The molecule has 5 nitrogen and oxygen atoms in total. The second-order valence-corrected chi connectivity index (χ2v) is 10.3. The molecular formula is C22H26Cl3IN3O2P. The lowest BCUT2D eigenvalue weighted by Crippen LogP contribution is -2.20. The molecule has 1 unspecified atom stereocenters. The standard InChI is InChI=1S/C22H26Cl3IN3O2P/c1-22(2,15-10-17(24)21(18(25)11-15)30-9-8-23)14-4-6-16(7-5-14)31-13-19(27)20(28-3)12-29-32-26/h4-7,10-12,28,32H,8-9,13,27H2,1-3H3/b20-19+,29-12+. The van der Waals surface area contributed by atoms with Crippen LogP contribution in [-0.2, 0) is 5.41 Å². The summed E-state index contributed by atoms with van der Waals surface area (Å²) in [4.78, 5) is 0. The zero-order valence-electron chi connectivity index (χ0n) is 18.0. The van der Waals surface area contributed by atoms with Gasteiger partial charge < -0.3 is 20.5 Å². The van der Waals surface area contributed by atoms with Gasteiger partial charge >= 0.3 is 0 Å². The van der Waals surface area contributed by atoms with Crippen LogP contribution in [0.15, 0.2) is 52.6 Å². The number of alkyl halides is 1. The first-order valence-corrected chi connectivity index (χ1v) is 15.1. The largest absolute Gasteiger partial charge is 0.489 e. The Bertz CT molecular complexity index is 946. The average molecular weight is 629 g/mol. The van der Waals surface area contributed by atoms with Gasteiger partial charge in [-0.25, -0.2) is 0 Å². The molecule has 0 aliphatic rings. The minimum Gasteiger partial charge on any atom is -0.489 e. The molecule has 174 valence electrons. The molecular weight excluding hydrogens is 602 g/mol. The van der Waals surface area contributed by atoms with Crippen LogP contribution in [0.1, 0.15) is 25.0 Å². The second kappa shape index (κ2) is 13.1.